The van der Waals surface area contributed by atoms with Crippen molar-refractivity contribution >= 4 is 29.2 Å². The van der Waals surface area contributed by atoms with Gasteiger partial charge < -0.3 is 50.9 Å². The number of rotatable bonds is 12. The second-order valence-corrected chi connectivity index (χ2v) is 21.9. The average Bonchev–Trinajstić information content (AvgIpc) is 3.73. The number of aliphatic hydroxyl groups is 1. The van der Waals surface area contributed by atoms with Crippen LogP contribution in [0.5, 0.6) is 11.5 Å². The van der Waals surface area contributed by atoms with Crippen molar-refractivity contribution in [2.45, 2.75) is 121 Å². The fourth-order valence-corrected chi connectivity index (χ4v) is 12.4. The molecule has 4 aliphatic heterocycles. The number of piperidine rings is 2. The molecule has 5 heterocycles. The minimum absolute atomic E-state index is 0.000592. The molecule has 1 aromatic heterocycles. The normalized spacial score (nSPS) is 26.7. The third-order valence-corrected chi connectivity index (χ3v) is 16.4. The minimum Gasteiger partial charge on any atom is -0.508 e. The van der Waals surface area contributed by atoms with Crippen LogP contribution in [0.3, 0.4) is 0 Å². The van der Waals surface area contributed by atoms with Crippen molar-refractivity contribution in [1.29, 1.82) is 0 Å². The number of amides is 3. The molecule has 0 bridgehead atoms. The van der Waals surface area contributed by atoms with Crippen LogP contribution >= 0.6 is 0 Å². The number of phenolic OH excluding ortho intramolecular Hbond substituents is 2. The Hall–Kier alpha value is -5.47. The monoisotopic (exact) mass is 945 g/mol. The second kappa shape index (κ2) is 20.1. The highest BCUT2D eigenvalue weighted by Crippen LogP contribution is 2.60. The summed E-state index contributed by atoms with van der Waals surface area (Å²) in [6.45, 7) is 14.2. The number of nitrogens with one attached hydrogen (secondary N) is 3. The van der Waals surface area contributed by atoms with Gasteiger partial charge >= 0.3 is 0 Å². The quantitative estimate of drug-likeness (QED) is 0.143. The maximum absolute atomic E-state index is 14.2. The van der Waals surface area contributed by atoms with E-state index in [1.165, 1.54) is 36.6 Å². The summed E-state index contributed by atoms with van der Waals surface area (Å²) in [4.78, 5) is 53.4. The number of aromatic nitrogens is 2. The van der Waals surface area contributed by atoms with Gasteiger partial charge in [-0.25, -0.2) is 0 Å². The number of aromatic hydroxyl groups is 2. The molecule has 2 aromatic carbocycles. The molecule has 6 N–H and O–H groups in total. The summed E-state index contributed by atoms with van der Waals surface area (Å²) in [6, 6.07) is 14.1. The predicted molar refractivity (Wildman–Crippen MR) is 265 cm³/mol. The highest BCUT2D eigenvalue weighted by Gasteiger charge is 2.57. The highest BCUT2D eigenvalue weighted by molar-refractivity contribution is 5.93. The summed E-state index contributed by atoms with van der Waals surface area (Å²) in [5.41, 5.74) is 2.95. The first-order chi connectivity index (χ1) is 33.1. The van der Waals surface area contributed by atoms with Gasteiger partial charge in [-0.15, -0.1) is 16.6 Å². The molecular formula is C53H72N10O6. The molecule has 3 atom stereocenters. The van der Waals surface area contributed by atoms with Crippen molar-refractivity contribution in [2.24, 2.45) is 16.7 Å². The smallest absolute Gasteiger partial charge is 0.246 e. The van der Waals surface area contributed by atoms with Gasteiger partial charge in [0.05, 0.1) is 17.5 Å². The molecule has 6 aliphatic rings. The number of β-amino-alcohol motifs (C(OH)–C–C–N with tert-alkyl or cyclic N) is 1. The van der Waals surface area contributed by atoms with Crippen LogP contribution < -0.4 is 20.9 Å². The van der Waals surface area contributed by atoms with Gasteiger partial charge in [0.2, 0.25) is 17.7 Å². The minimum atomic E-state index is -0.908. The number of anilines is 2. The molecule has 9 rings (SSSR count). The van der Waals surface area contributed by atoms with E-state index in [0.29, 0.717) is 40.5 Å². The highest BCUT2D eigenvalue weighted by atomic mass is 16.3. The van der Waals surface area contributed by atoms with Crippen LogP contribution in [0.15, 0.2) is 48.5 Å². The number of benzene rings is 2. The number of aliphatic hydroxyl groups excluding tert-OH is 1. The van der Waals surface area contributed by atoms with Crippen molar-refractivity contribution in [2.75, 3.05) is 76.2 Å². The molecule has 3 amide bonds. The third kappa shape index (κ3) is 10.4. The Balaban J connectivity index is 0.690. The van der Waals surface area contributed by atoms with Crippen molar-refractivity contribution in [3.8, 4) is 35.1 Å². The third-order valence-electron chi connectivity index (χ3n) is 16.4. The largest absolute Gasteiger partial charge is 0.508 e. The summed E-state index contributed by atoms with van der Waals surface area (Å²) >= 11 is 0. The van der Waals surface area contributed by atoms with E-state index in [0.717, 1.165) is 89.5 Å². The summed E-state index contributed by atoms with van der Waals surface area (Å²) in [6.07, 6.45) is 13.4. The zero-order chi connectivity index (χ0) is 48.6. The summed E-state index contributed by atoms with van der Waals surface area (Å²) in [5, 5.41) is 49.4. The summed E-state index contributed by atoms with van der Waals surface area (Å²) in [7, 11) is 1.88. The maximum atomic E-state index is 14.2. The van der Waals surface area contributed by atoms with Crippen molar-refractivity contribution in [1.82, 2.24) is 40.4 Å². The maximum Gasteiger partial charge on any atom is 0.246 e. The summed E-state index contributed by atoms with van der Waals surface area (Å²) in [5.74, 6) is 2.33. The zero-order valence-electron chi connectivity index (χ0n) is 40.9. The molecule has 6 fully saturated rings. The van der Waals surface area contributed by atoms with E-state index in [2.05, 4.69) is 51.7 Å². The molecule has 2 aliphatic carbocycles. The first kappa shape index (κ1) is 48.5. The second-order valence-electron chi connectivity index (χ2n) is 21.9. The molecule has 2 saturated carbocycles. The number of carbonyl (C=O) groups is 3. The lowest BCUT2D eigenvalue weighted by atomic mass is 9.49. The van der Waals surface area contributed by atoms with Gasteiger partial charge in [0.15, 0.2) is 5.82 Å². The Bertz CT molecular complexity index is 2380. The van der Waals surface area contributed by atoms with Crippen molar-refractivity contribution in [3.63, 3.8) is 0 Å². The number of carbonyl (C=O) groups excluding carboxylic acids is 3. The topological polar surface area (TPSA) is 190 Å². The van der Waals surface area contributed by atoms with Gasteiger partial charge in [0, 0.05) is 93.5 Å². The van der Waals surface area contributed by atoms with E-state index in [9.17, 15) is 29.7 Å². The summed E-state index contributed by atoms with van der Waals surface area (Å²) < 4.78 is 0. The molecule has 69 heavy (non-hydrogen) atoms. The number of hydrogen-bond donors (Lipinski definition) is 6. The van der Waals surface area contributed by atoms with E-state index in [1.807, 2.05) is 52.1 Å². The van der Waals surface area contributed by atoms with Gasteiger partial charge in [-0.3, -0.25) is 19.3 Å². The first-order valence-corrected chi connectivity index (χ1v) is 25.3. The van der Waals surface area contributed by atoms with Crippen LogP contribution in [0, 0.1) is 29.1 Å². The molecule has 16 nitrogen and oxygen atoms in total. The Kier molecular flexibility index (Phi) is 14.1. The van der Waals surface area contributed by atoms with Gasteiger partial charge in [0.1, 0.15) is 23.6 Å². The Morgan fingerprint density at radius 1 is 0.812 bits per heavy atom. The van der Waals surface area contributed by atoms with Crippen LogP contribution in [0.25, 0.3) is 11.3 Å². The lowest BCUT2D eigenvalue weighted by Crippen LogP contribution is -2.62. The van der Waals surface area contributed by atoms with Crippen molar-refractivity contribution < 1.29 is 29.7 Å². The lowest BCUT2D eigenvalue weighted by molar-refractivity contribution is -0.150. The van der Waals surface area contributed by atoms with E-state index in [4.69, 9.17) is 6.42 Å². The molecule has 0 unspecified atom stereocenters. The number of para-hydroxylation sites is 1. The zero-order valence-corrected chi connectivity index (χ0v) is 40.9. The first-order valence-electron chi connectivity index (χ1n) is 25.3. The molecule has 3 aromatic rings. The van der Waals surface area contributed by atoms with Gasteiger partial charge in [-0.2, -0.15) is 0 Å². The standard InChI is InChI=1S/C53H72N10O6/c1-6-34-11-12-35(46(66)25-34)32-55-50(68)44-26-40(64)33-63(44)51(69)47(52(2,3)4)56-49(67)36-28-53(29-36)30-39(31-53)60-19-15-37(16-20-60)59-17-13-38(14-18-59)61-21-23-62(24-22-61)43-27-42(57-58-48(43)54-5)41-9-7-8-10-45(41)65/h1,7-12,25,27,36-40,44,47,64-66H,13-24,26,28-33H2,2-5H3,(H,54,58)(H,55,68)(H,56,67)/t36-,39-,40-,44+,47-,53?/m1/s1. The van der Waals surface area contributed by atoms with E-state index in [-0.39, 0.29) is 54.2 Å². The number of phenols is 2. The van der Waals surface area contributed by atoms with E-state index >= 15 is 0 Å². The van der Waals surface area contributed by atoms with E-state index < -0.39 is 29.5 Å². The molecular weight excluding hydrogens is 873 g/mol. The Morgan fingerprint density at radius 3 is 2.06 bits per heavy atom. The van der Waals surface area contributed by atoms with Crippen LogP contribution in [0.2, 0.25) is 0 Å². The number of likely N-dealkylation sites (tertiary alicyclic amines) is 3. The lowest BCUT2D eigenvalue weighted by Gasteiger charge is -2.60. The Morgan fingerprint density at radius 2 is 1.45 bits per heavy atom. The predicted octanol–water partition coefficient (Wildman–Crippen LogP) is 4.00. The van der Waals surface area contributed by atoms with Crippen LogP contribution in [-0.2, 0) is 20.9 Å². The molecule has 4 saturated heterocycles. The van der Waals surface area contributed by atoms with Crippen LogP contribution in [0.1, 0.15) is 89.7 Å². The molecule has 16 heteroatoms. The number of piperazine rings is 1. The Labute approximate surface area is 407 Å². The van der Waals surface area contributed by atoms with Crippen LogP contribution in [0.4, 0.5) is 11.5 Å². The fourth-order valence-electron chi connectivity index (χ4n) is 12.4. The SMILES string of the molecule is C#Cc1ccc(CNC(=O)[C@@H]2C[C@@H](O)CN2C(=O)[C@@H](NC(=O)[C@H]2CC3(C2)C[C@H](N2CCC(N4CCC(N5CCN(c6cc(-c7ccccc7O)nnc6NC)CC5)CC4)CC2)C3)C(C)(C)C)c(O)c1. The molecule has 1 spiro atoms. The number of hydrogen-bond acceptors (Lipinski definition) is 13. The number of nitrogens with zero attached hydrogens (tertiary/aromatic N) is 7. The molecule has 370 valence electrons. The van der Waals surface area contributed by atoms with Gasteiger partial charge in [-0.05, 0) is 119 Å². The van der Waals surface area contributed by atoms with Gasteiger partial charge in [-0.1, -0.05) is 44.9 Å². The average molecular weight is 945 g/mol. The fraction of sp³-hybridized carbons (Fsp3) is 0.604. The number of terminal acetylenes is 1. The van der Waals surface area contributed by atoms with Crippen LogP contribution in [-0.4, -0.2) is 165 Å². The van der Waals surface area contributed by atoms with Gasteiger partial charge in [0.25, 0.3) is 0 Å². The molecule has 0 radical (unpaired) electrons. The van der Waals surface area contributed by atoms with Crippen molar-refractivity contribution in [3.05, 3.63) is 59.7 Å². The van der Waals surface area contributed by atoms with E-state index in [1.54, 1.807) is 18.2 Å².